The monoisotopic (exact) mass is 359 g/mol. The van der Waals surface area contributed by atoms with Crippen LogP contribution in [0.25, 0.3) is 0 Å². The summed E-state index contributed by atoms with van der Waals surface area (Å²) in [6, 6.07) is 4.04. The Bertz CT molecular complexity index is 677. The number of aryl methyl sites for hydroxylation is 3. The Labute approximate surface area is 157 Å². The highest BCUT2D eigenvalue weighted by atomic mass is 16.2. The van der Waals surface area contributed by atoms with Crippen LogP contribution in [0.5, 0.6) is 0 Å². The Morgan fingerprint density at radius 1 is 0.923 bits per heavy atom. The van der Waals surface area contributed by atoms with Crippen molar-refractivity contribution in [2.24, 2.45) is 5.41 Å². The van der Waals surface area contributed by atoms with Crippen LogP contribution in [0.1, 0.15) is 54.2 Å². The Kier molecular flexibility index (Phi) is 6.32. The molecule has 0 spiro atoms. The number of nitrogens with zero attached hydrogens (tertiary/aromatic N) is 2. The van der Waals surface area contributed by atoms with Gasteiger partial charge in [-0.1, -0.05) is 26.8 Å². The van der Waals surface area contributed by atoms with Gasteiger partial charge in [0.15, 0.2) is 0 Å². The molecule has 0 atom stereocenters. The van der Waals surface area contributed by atoms with Gasteiger partial charge in [0.2, 0.25) is 0 Å². The van der Waals surface area contributed by atoms with Gasteiger partial charge in [0.25, 0.3) is 5.91 Å². The molecule has 1 N–H and O–H groups in total. The summed E-state index contributed by atoms with van der Waals surface area (Å²) in [4.78, 5) is 29.1. The van der Waals surface area contributed by atoms with E-state index in [1.54, 1.807) is 0 Å². The first-order valence-electron chi connectivity index (χ1n) is 9.48. The highest BCUT2D eigenvalue weighted by Crippen LogP contribution is 2.18. The molecule has 144 valence electrons. The van der Waals surface area contributed by atoms with Gasteiger partial charge in [0, 0.05) is 38.3 Å². The largest absolute Gasteiger partial charge is 0.337 e. The number of hydrogen-bond donors (Lipinski definition) is 1. The lowest BCUT2D eigenvalue weighted by Gasteiger charge is -2.25. The van der Waals surface area contributed by atoms with Gasteiger partial charge in [-0.15, -0.1) is 0 Å². The van der Waals surface area contributed by atoms with E-state index < -0.39 is 0 Å². The standard InChI is InChI=1S/C21H33N3O2/c1-15-12-17(3)18(13-16(15)2)19(25)23-8-7-9-24(11-10-23)20(26)22-14-21(4,5)6/h12-13H,7-11,14H2,1-6H3,(H,22,26). The van der Waals surface area contributed by atoms with Crippen LogP contribution in [0, 0.1) is 26.2 Å². The number of hydrogen-bond acceptors (Lipinski definition) is 2. The lowest BCUT2D eigenvalue weighted by Crippen LogP contribution is -2.44. The first-order chi connectivity index (χ1) is 12.1. The van der Waals surface area contributed by atoms with Crippen molar-refractivity contribution in [3.8, 4) is 0 Å². The van der Waals surface area contributed by atoms with Crippen LogP contribution in [-0.4, -0.2) is 54.5 Å². The van der Waals surface area contributed by atoms with Crippen molar-refractivity contribution in [2.75, 3.05) is 32.7 Å². The van der Waals surface area contributed by atoms with Crippen LogP contribution >= 0.6 is 0 Å². The van der Waals surface area contributed by atoms with Gasteiger partial charge in [-0.2, -0.15) is 0 Å². The second kappa shape index (κ2) is 8.11. The van der Waals surface area contributed by atoms with Crippen molar-refractivity contribution >= 4 is 11.9 Å². The van der Waals surface area contributed by atoms with E-state index >= 15 is 0 Å². The lowest BCUT2D eigenvalue weighted by molar-refractivity contribution is 0.0761. The van der Waals surface area contributed by atoms with Crippen molar-refractivity contribution in [1.29, 1.82) is 0 Å². The summed E-state index contributed by atoms with van der Waals surface area (Å²) in [5.74, 6) is 0.0718. The summed E-state index contributed by atoms with van der Waals surface area (Å²) in [6.07, 6.45) is 0.804. The fourth-order valence-electron chi connectivity index (χ4n) is 3.14. The zero-order chi connectivity index (χ0) is 19.5. The molecule has 1 aliphatic rings. The maximum absolute atomic E-state index is 13.0. The molecule has 0 unspecified atom stereocenters. The molecule has 0 bridgehead atoms. The summed E-state index contributed by atoms with van der Waals surface area (Å²) < 4.78 is 0. The molecule has 1 aromatic rings. The van der Waals surface area contributed by atoms with Gasteiger partial charge in [-0.3, -0.25) is 4.79 Å². The van der Waals surface area contributed by atoms with Gasteiger partial charge >= 0.3 is 6.03 Å². The second-order valence-electron chi connectivity index (χ2n) is 8.60. The maximum atomic E-state index is 13.0. The minimum absolute atomic E-state index is 0.0309. The average Bonchev–Trinajstić information content (AvgIpc) is 2.81. The van der Waals surface area contributed by atoms with Crippen molar-refractivity contribution in [2.45, 2.75) is 48.0 Å². The van der Waals surface area contributed by atoms with E-state index in [4.69, 9.17) is 0 Å². The molecule has 1 aliphatic heterocycles. The Balaban J connectivity index is 2.01. The zero-order valence-electron chi connectivity index (χ0n) is 17.1. The van der Waals surface area contributed by atoms with Crippen molar-refractivity contribution in [1.82, 2.24) is 15.1 Å². The van der Waals surface area contributed by atoms with Gasteiger partial charge in [0.05, 0.1) is 0 Å². The molecule has 0 saturated carbocycles. The number of carbonyl (C=O) groups is 2. The molecular weight excluding hydrogens is 326 g/mol. The molecule has 1 heterocycles. The van der Waals surface area contributed by atoms with E-state index in [9.17, 15) is 9.59 Å². The predicted molar refractivity (Wildman–Crippen MR) is 106 cm³/mol. The molecule has 5 heteroatoms. The molecule has 0 radical (unpaired) electrons. The van der Waals surface area contributed by atoms with Crippen LogP contribution in [-0.2, 0) is 0 Å². The minimum Gasteiger partial charge on any atom is -0.337 e. The summed E-state index contributed by atoms with van der Waals surface area (Å²) in [7, 11) is 0. The van der Waals surface area contributed by atoms with Crippen LogP contribution in [0.15, 0.2) is 12.1 Å². The summed E-state index contributed by atoms with van der Waals surface area (Å²) in [6.45, 7) is 15.6. The maximum Gasteiger partial charge on any atom is 0.317 e. The smallest absolute Gasteiger partial charge is 0.317 e. The van der Waals surface area contributed by atoms with E-state index in [0.717, 1.165) is 23.1 Å². The van der Waals surface area contributed by atoms with Gasteiger partial charge in [0.1, 0.15) is 0 Å². The highest BCUT2D eigenvalue weighted by molar-refractivity contribution is 5.96. The zero-order valence-corrected chi connectivity index (χ0v) is 17.1. The van der Waals surface area contributed by atoms with E-state index in [2.05, 4.69) is 39.1 Å². The Hall–Kier alpha value is -2.04. The molecule has 26 heavy (non-hydrogen) atoms. The van der Waals surface area contributed by atoms with Gasteiger partial charge in [-0.25, -0.2) is 4.79 Å². The Morgan fingerprint density at radius 3 is 2.15 bits per heavy atom. The topological polar surface area (TPSA) is 52.7 Å². The van der Waals surface area contributed by atoms with E-state index in [-0.39, 0.29) is 17.4 Å². The summed E-state index contributed by atoms with van der Waals surface area (Å²) in [5, 5.41) is 3.00. The van der Waals surface area contributed by atoms with E-state index in [1.165, 1.54) is 5.56 Å². The molecule has 5 nitrogen and oxygen atoms in total. The predicted octanol–water partition coefficient (Wildman–Crippen LogP) is 3.52. The molecule has 2 rings (SSSR count). The number of rotatable bonds is 2. The number of amides is 3. The molecule has 1 saturated heterocycles. The number of carbonyl (C=O) groups excluding carboxylic acids is 2. The third-order valence-corrected chi connectivity index (χ3v) is 4.91. The molecule has 1 aromatic carbocycles. The van der Waals surface area contributed by atoms with E-state index in [1.807, 2.05) is 29.7 Å². The molecular formula is C21H33N3O2. The minimum atomic E-state index is -0.0309. The van der Waals surface area contributed by atoms with Crippen LogP contribution < -0.4 is 5.32 Å². The lowest BCUT2D eigenvalue weighted by atomic mass is 9.97. The number of nitrogens with one attached hydrogen (secondary N) is 1. The molecule has 0 aromatic heterocycles. The van der Waals surface area contributed by atoms with E-state index in [0.29, 0.717) is 32.7 Å². The van der Waals surface area contributed by atoms with Crippen molar-refractivity contribution < 1.29 is 9.59 Å². The Morgan fingerprint density at radius 2 is 1.50 bits per heavy atom. The second-order valence-corrected chi connectivity index (χ2v) is 8.60. The third kappa shape index (κ3) is 5.23. The van der Waals surface area contributed by atoms with Gasteiger partial charge < -0.3 is 15.1 Å². The van der Waals surface area contributed by atoms with Crippen molar-refractivity contribution in [3.05, 3.63) is 34.4 Å². The molecule has 3 amide bonds. The third-order valence-electron chi connectivity index (χ3n) is 4.91. The van der Waals surface area contributed by atoms with Crippen LogP contribution in [0.4, 0.5) is 4.79 Å². The normalized spacial score (nSPS) is 15.6. The summed E-state index contributed by atoms with van der Waals surface area (Å²) in [5.41, 5.74) is 4.19. The molecule has 0 aliphatic carbocycles. The van der Waals surface area contributed by atoms with Crippen LogP contribution in [0.3, 0.4) is 0 Å². The SMILES string of the molecule is Cc1cc(C)c(C(=O)N2CCCN(C(=O)NCC(C)(C)C)CC2)cc1C. The fourth-order valence-corrected chi connectivity index (χ4v) is 3.14. The average molecular weight is 360 g/mol. The first-order valence-corrected chi connectivity index (χ1v) is 9.48. The number of urea groups is 1. The quantitative estimate of drug-likeness (QED) is 0.878. The summed E-state index contributed by atoms with van der Waals surface area (Å²) >= 11 is 0. The highest BCUT2D eigenvalue weighted by Gasteiger charge is 2.24. The molecule has 1 fully saturated rings. The fraction of sp³-hybridized carbons (Fsp3) is 0.619. The van der Waals surface area contributed by atoms with Crippen LogP contribution in [0.2, 0.25) is 0 Å². The number of benzene rings is 1. The van der Waals surface area contributed by atoms with Gasteiger partial charge in [-0.05, 0) is 55.4 Å². The first kappa shape index (κ1) is 20.3. The van der Waals surface area contributed by atoms with Crippen molar-refractivity contribution in [3.63, 3.8) is 0 Å².